The van der Waals surface area contributed by atoms with Gasteiger partial charge in [0.15, 0.2) is 0 Å². The Bertz CT molecular complexity index is 967. The fourth-order valence-electron chi connectivity index (χ4n) is 5.13. The number of ketones is 1. The van der Waals surface area contributed by atoms with Crippen LogP contribution in [0.1, 0.15) is 62.1 Å². The van der Waals surface area contributed by atoms with Crippen molar-refractivity contribution in [2.75, 3.05) is 12.1 Å². The first-order valence-corrected chi connectivity index (χ1v) is 13.0. The number of Topliss-reactive ketones (excluding diaryl/α,β-unsaturated/α-hetero) is 1. The van der Waals surface area contributed by atoms with E-state index in [0.29, 0.717) is 17.3 Å². The predicted molar refractivity (Wildman–Crippen MR) is 131 cm³/mol. The van der Waals surface area contributed by atoms with Crippen LogP contribution in [0.15, 0.2) is 41.8 Å². The SMILES string of the molecule is CSC(CC(=O)C(CCCCCl)c1cccc(Cl)c1)=NC12CC(n3cnc(C)c3)(C1)C2. The van der Waals surface area contributed by atoms with E-state index in [2.05, 4.69) is 15.7 Å². The minimum absolute atomic E-state index is 0.0149. The molecule has 1 aromatic carbocycles. The zero-order chi connectivity index (χ0) is 22.1. The molecule has 5 rings (SSSR count). The summed E-state index contributed by atoms with van der Waals surface area (Å²) in [6, 6.07) is 7.68. The number of rotatable bonds is 10. The molecule has 4 nitrogen and oxygen atoms in total. The van der Waals surface area contributed by atoms with Gasteiger partial charge in [-0.15, -0.1) is 23.4 Å². The number of alkyl halides is 1. The Morgan fingerprint density at radius 2 is 2.10 bits per heavy atom. The second kappa shape index (κ2) is 9.29. The molecule has 7 heteroatoms. The standard InChI is InChI=1S/C24H29Cl2N3OS/c1-17-12-29(16-27-17)24-13-23(14-24,15-24)28-22(31-2)11-21(30)20(8-3-4-9-25)18-6-5-7-19(26)10-18/h5-7,10,12,16,20H,3-4,8-9,11,13-15H2,1-2H3. The maximum Gasteiger partial charge on any atom is 0.146 e. The Morgan fingerprint density at radius 3 is 2.71 bits per heavy atom. The number of thioether (sulfide) groups is 1. The van der Waals surface area contributed by atoms with Gasteiger partial charge in [0.2, 0.25) is 0 Å². The molecule has 1 heterocycles. The molecule has 1 atom stereocenters. The number of carbonyl (C=O) groups is 1. The lowest BCUT2D eigenvalue weighted by Gasteiger charge is -2.68. The maximum atomic E-state index is 13.3. The Labute approximate surface area is 198 Å². The fraction of sp³-hybridized carbons (Fsp3) is 0.542. The minimum Gasteiger partial charge on any atom is -0.331 e. The van der Waals surface area contributed by atoms with Gasteiger partial charge in [-0.05, 0) is 63.0 Å². The van der Waals surface area contributed by atoms with Gasteiger partial charge in [0.25, 0.3) is 0 Å². The molecule has 0 aliphatic heterocycles. The van der Waals surface area contributed by atoms with E-state index in [1.807, 2.05) is 43.8 Å². The topological polar surface area (TPSA) is 47.2 Å². The number of aliphatic imine (C=N–C) groups is 1. The smallest absolute Gasteiger partial charge is 0.146 e. The van der Waals surface area contributed by atoms with E-state index in [4.69, 9.17) is 28.2 Å². The molecule has 3 aliphatic carbocycles. The Kier molecular flexibility index (Phi) is 6.85. The molecule has 2 aromatic rings. The zero-order valence-corrected chi connectivity index (χ0v) is 20.4. The highest BCUT2D eigenvalue weighted by atomic mass is 35.5. The summed E-state index contributed by atoms with van der Waals surface area (Å²) in [4.78, 5) is 22.8. The monoisotopic (exact) mass is 477 g/mol. The zero-order valence-electron chi connectivity index (χ0n) is 18.1. The quantitative estimate of drug-likeness (QED) is 0.172. The fourth-order valence-corrected chi connectivity index (χ4v) is 6.09. The van der Waals surface area contributed by atoms with Crippen LogP contribution in [0.25, 0.3) is 0 Å². The van der Waals surface area contributed by atoms with Crippen LogP contribution in [-0.2, 0) is 10.3 Å². The minimum atomic E-state index is -0.160. The average molecular weight is 478 g/mol. The first kappa shape index (κ1) is 22.9. The number of halogens is 2. The van der Waals surface area contributed by atoms with Crippen molar-refractivity contribution >= 4 is 45.8 Å². The molecule has 0 N–H and O–H groups in total. The summed E-state index contributed by atoms with van der Waals surface area (Å²) in [6.45, 7) is 2.02. The van der Waals surface area contributed by atoms with E-state index in [0.717, 1.165) is 54.8 Å². The first-order valence-electron chi connectivity index (χ1n) is 10.9. The number of aryl methyl sites for hydroxylation is 1. The third kappa shape index (κ3) is 4.74. The number of carbonyl (C=O) groups excluding carboxylic acids is 1. The second-order valence-electron chi connectivity index (χ2n) is 9.05. The van der Waals surface area contributed by atoms with Crippen molar-refractivity contribution in [1.29, 1.82) is 0 Å². The van der Waals surface area contributed by atoms with Gasteiger partial charge < -0.3 is 4.57 Å². The molecule has 0 radical (unpaired) electrons. The van der Waals surface area contributed by atoms with Gasteiger partial charge in [-0.25, -0.2) is 4.98 Å². The van der Waals surface area contributed by atoms with Crippen molar-refractivity contribution < 1.29 is 4.79 Å². The number of benzene rings is 1. The van der Waals surface area contributed by atoms with Gasteiger partial charge in [-0.3, -0.25) is 9.79 Å². The van der Waals surface area contributed by atoms with Crippen LogP contribution in [0.5, 0.6) is 0 Å². The van der Waals surface area contributed by atoms with Gasteiger partial charge in [0.1, 0.15) is 5.78 Å². The molecule has 3 saturated carbocycles. The molecular weight excluding hydrogens is 449 g/mol. The van der Waals surface area contributed by atoms with Gasteiger partial charge in [-0.1, -0.05) is 30.2 Å². The lowest BCUT2D eigenvalue weighted by atomic mass is 9.44. The normalized spacial score (nSPS) is 25.6. The Balaban J connectivity index is 1.43. The van der Waals surface area contributed by atoms with E-state index in [1.165, 1.54) is 0 Å². The van der Waals surface area contributed by atoms with Crippen LogP contribution in [0.3, 0.4) is 0 Å². The van der Waals surface area contributed by atoms with Crippen LogP contribution < -0.4 is 0 Å². The van der Waals surface area contributed by atoms with Gasteiger partial charge in [-0.2, -0.15) is 0 Å². The lowest BCUT2D eigenvalue weighted by Crippen LogP contribution is -2.71. The van der Waals surface area contributed by atoms with Gasteiger partial charge in [0.05, 0.1) is 34.6 Å². The maximum absolute atomic E-state index is 13.3. The van der Waals surface area contributed by atoms with Crippen molar-refractivity contribution in [3.8, 4) is 0 Å². The molecule has 0 spiro atoms. The summed E-state index contributed by atoms with van der Waals surface area (Å²) in [5.74, 6) is 0.679. The first-order chi connectivity index (χ1) is 14.9. The number of imidazole rings is 1. The van der Waals surface area contributed by atoms with Crippen LogP contribution in [0.4, 0.5) is 0 Å². The number of nitrogens with zero attached hydrogens (tertiary/aromatic N) is 3. The molecule has 1 unspecified atom stereocenters. The van der Waals surface area contributed by atoms with Crippen molar-refractivity contribution in [1.82, 2.24) is 9.55 Å². The molecule has 31 heavy (non-hydrogen) atoms. The number of aromatic nitrogens is 2. The molecule has 166 valence electrons. The molecule has 3 aliphatic rings. The predicted octanol–water partition coefficient (Wildman–Crippen LogP) is 6.39. The second-order valence-corrected chi connectivity index (χ2v) is 10.7. The Morgan fingerprint density at radius 1 is 1.32 bits per heavy atom. The summed E-state index contributed by atoms with van der Waals surface area (Å²) in [7, 11) is 0. The van der Waals surface area contributed by atoms with E-state index in [9.17, 15) is 4.79 Å². The van der Waals surface area contributed by atoms with E-state index in [-0.39, 0.29) is 22.8 Å². The highest BCUT2D eigenvalue weighted by Crippen LogP contribution is 2.67. The number of hydrogen-bond acceptors (Lipinski definition) is 4. The van der Waals surface area contributed by atoms with Crippen molar-refractivity contribution in [3.63, 3.8) is 0 Å². The lowest BCUT2D eigenvalue weighted by molar-refractivity contribution is -0.119. The number of hydrogen-bond donors (Lipinski definition) is 0. The molecule has 0 amide bonds. The van der Waals surface area contributed by atoms with Crippen LogP contribution >= 0.6 is 35.0 Å². The van der Waals surface area contributed by atoms with Crippen molar-refractivity contribution in [2.45, 2.75) is 68.9 Å². The largest absolute Gasteiger partial charge is 0.331 e. The summed E-state index contributed by atoms with van der Waals surface area (Å²) in [5, 5.41) is 1.62. The molecule has 2 bridgehead atoms. The van der Waals surface area contributed by atoms with Gasteiger partial charge in [0, 0.05) is 23.0 Å². The van der Waals surface area contributed by atoms with Crippen molar-refractivity contribution in [2.24, 2.45) is 4.99 Å². The highest BCUT2D eigenvalue weighted by Gasteiger charge is 2.69. The highest BCUT2D eigenvalue weighted by molar-refractivity contribution is 8.13. The van der Waals surface area contributed by atoms with Crippen LogP contribution in [0, 0.1) is 6.92 Å². The summed E-state index contributed by atoms with van der Waals surface area (Å²) in [5.41, 5.74) is 2.26. The molecule has 0 saturated heterocycles. The summed E-state index contributed by atoms with van der Waals surface area (Å²) in [6.07, 6.45) is 12.2. The average Bonchev–Trinajstić information content (AvgIpc) is 3.11. The van der Waals surface area contributed by atoms with E-state index in [1.54, 1.807) is 11.8 Å². The molecule has 3 fully saturated rings. The van der Waals surface area contributed by atoms with Crippen LogP contribution in [-0.4, -0.2) is 38.1 Å². The summed E-state index contributed by atoms with van der Waals surface area (Å²) < 4.78 is 2.26. The van der Waals surface area contributed by atoms with Crippen LogP contribution in [0.2, 0.25) is 5.02 Å². The van der Waals surface area contributed by atoms with Crippen molar-refractivity contribution in [3.05, 3.63) is 53.1 Å². The summed E-state index contributed by atoms with van der Waals surface area (Å²) >= 11 is 13.7. The third-order valence-corrected chi connectivity index (χ3v) is 7.88. The van der Waals surface area contributed by atoms with E-state index < -0.39 is 0 Å². The molecular formula is C24H29Cl2N3OS. The molecule has 1 aromatic heterocycles. The third-order valence-electron chi connectivity index (χ3n) is 6.67. The van der Waals surface area contributed by atoms with Gasteiger partial charge >= 0.3 is 0 Å². The Hall–Kier alpha value is -1.30. The number of unbranched alkanes of at least 4 members (excludes halogenated alkanes) is 1. The van der Waals surface area contributed by atoms with E-state index >= 15 is 0 Å².